The Labute approximate surface area is 342 Å². The number of nitrogens with zero attached hydrogens (tertiary/aromatic N) is 2. The fourth-order valence-corrected chi connectivity index (χ4v) is 10.2. The molecule has 1 aromatic heterocycles. The van der Waals surface area contributed by atoms with E-state index in [-0.39, 0.29) is 41.9 Å². The number of carbonyl (C=O) groups excluding carboxylic acids is 4. The van der Waals surface area contributed by atoms with Gasteiger partial charge in [-0.25, -0.2) is 27.0 Å². The Morgan fingerprint density at radius 1 is 1.07 bits per heavy atom. The Balaban J connectivity index is 1.19. The van der Waals surface area contributed by atoms with Crippen molar-refractivity contribution in [3.8, 4) is 11.5 Å². The van der Waals surface area contributed by atoms with Crippen molar-refractivity contribution in [1.29, 1.82) is 0 Å². The SMILES string of the molecule is COc1ccc2nc(C3CC3)c3c(c2c1)C(F)(F)C[C@]1(CC2C(=O)NC4(C(=O)NS(=O)(=O)C5(C)CC5)CC4/C=C\CCCCC[C@H](NC(=O)OC(C)(C)C)C(=O)N2C1)O3. The van der Waals surface area contributed by atoms with E-state index in [1.54, 1.807) is 45.9 Å². The minimum absolute atomic E-state index is 0.0782. The van der Waals surface area contributed by atoms with E-state index in [1.165, 1.54) is 18.1 Å². The number of methoxy groups -OCH3 is 1. The van der Waals surface area contributed by atoms with Crippen LogP contribution in [0.2, 0.25) is 0 Å². The highest BCUT2D eigenvalue weighted by atomic mass is 32.2. The van der Waals surface area contributed by atoms with E-state index in [2.05, 4.69) is 15.4 Å². The van der Waals surface area contributed by atoms with Gasteiger partial charge in [0.2, 0.25) is 21.8 Å². The van der Waals surface area contributed by atoms with Gasteiger partial charge < -0.3 is 29.7 Å². The maximum Gasteiger partial charge on any atom is 0.408 e. The van der Waals surface area contributed by atoms with Crippen LogP contribution in [-0.2, 0) is 35.1 Å². The zero-order valence-electron chi connectivity index (χ0n) is 34.1. The van der Waals surface area contributed by atoms with Crippen molar-refractivity contribution in [2.45, 2.75) is 150 Å². The first-order valence-corrected chi connectivity index (χ1v) is 22.1. The highest BCUT2D eigenvalue weighted by Gasteiger charge is 2.65. The van der Waals surface area contributed by atoms with Crippen LogP contribution in [0.15, 0.2) is 30.4 Å². The molecule has 2 aromatic rings. The highest BCUT2D eigenvalue weighted by molar-refractivity contribution is 7.91. The number of sulfonamides is 1. The van der Waals surface area contributed by atoms with Crippen LogP contribution in [0, 0.1) is 5.92 Å². The van der Waals surface area contributed by atoms with E-state index in [1.807, 2.05) is 6.08 Å². The van der Waals surface area contributed by atoms with Crippen molar-refractivity contribution in [2.75, 3.05) is 13.7 Å². The van der Waals surface area contributed by atoms with Crippen LogP contribution in [0.3, 0.4) is 0 Å². The van der Waals surface area contributed by atoms with Crippen molar-refractivity contribution in [3.05, 3.63) is 41.6 Å². The van der Waals surface area contributed by atoms with Gasteiger partial charge in [-0.15, -0.1) is 0 Å². The molecule has 1 saturated heterocycles. The Morgan fingerprint density at radius 3 is 2.49 bits per heavy atom. The maximum atomic E-state index is 17.1. The number of amides is 4. The van der Waals surface area contributed by atoms with Gasteiger partial charge in [-0.1, -0.05) is 25.0 Å². The summed E-state index contributed by atoms with van der Waals surface area (Å²) in [5.41, 5.74) is -3.94. The molecular formula is C42H53F2N5O9S. The quantitative estimate of drug-likeness (QED) is 0.309. The predicted octanol–water partition coefficient (Wildman–Crippen LogP) is 5.62. The number of hydrogen-bond donors (Lipinski definition) is 3. The fourth-order valence-electron chi connectivity index (χ4n) is 8.85. The minimum atomic E-state index is -4.09. The molecule has 1 spiro atoms. The zero-order valence-corrected chi connectivity index (χ0v) is 34.9. The molecule has 6 aliphatic rings. The van der Waals surface area contributed by atoms with E-state index in [9.17, 15) is 27.6 Å². The number of hydrogen-bond acceptors (Lipinski definition) is 10. The molecule has 3 unspecified atom stereocenters. The summed E-state index contributed by atoms with van der Waals surface area (Å²) in [5, 5.41) is 5.66. The number of alkyl carbamates (subject to hydrolysis) is 1. The second-order valence-electron chi connectivity index (χ2n) is 18.6. The fraction of sp³-hybridized carbons (Fsp3) is 0.643. The summed E-state index contributed by atoms with van der Waals surface area (Å²) in [4.78, 5) is 62.7. The van der Waals surface area contributed by atoms with Crippen LogP contribution in [0.5, 0.6) is 11.5 Å². The topological polar surface area (TPSA) is 182 Å². The molecule has 320 valence electrons. The molecule has 4 amide bonds. The number of pyridine rings is 1. The Morgan fingerprint density at radius 2 is 1.81 bits per heavy atom. The molecule has 17 heteroatoms. The third kappa shape index (κ3) is 7.83. The maximum absolute atomic E-state index is 17.1. The van der Waals surface area contributed by atoms with E-state index in [0.717, 1.165) is 12.8 Å². The lowest BCUT2D eigenvalue weighted by molar-refractivity contribution is -0.141. The number of rotatable bonds is 6. The number of allylic oxidation sites excluding steroid dienone is 1. The van der Waals surface area contributed by atoms with Gasteiger partial charge in [-0.05, 0) is 97.3 Å². The van der Waals surface area contributed by atoms with Crippen molar-refractivity contribution >= 4 is 44.7 Å². The number of halogens is 2. The number of aromatic nitrogens is 1. The first kappa shape index (κ1) is 41.2. The Bertz CT molecular complexity index is 2240. The summed E-state index contributed by atoms with van der Waals surface area (Å²) >= 11 is 0. The molecular weight excluding hydrogens is 789 g/mol. The van der Waals surface area contributed by atoms with E-state index in [0.29, 0.717) is 55.5 Å². The van der Waals surface area contributed by atoms with Crippen molar-refractivity contribution in [1.82, 2.24) is 25.2 Å². The highest BCUT2D eigenvalue weighted by Crippen LogP contribution is 2.58. The number of benzene rings is 1. The van der Waals surface area contributed by atoms with Crippen LogP contribution >= 0.6 is 0 Å². The van der Waals surface area contributed by atoms with Crippen LogP contribution < -0.4 is 24.8 Å². The summed E-state index contributed by atoms with van der Waals surface area (Å²) < 4.78 is 79.4. The minimum Gasteiger partial charge on any atom is -0.497 e. The van der Waals surface area contributed by atoms with Gasteiger partial charge in [0.1, 0.15) is 34.6 Å². The van der Waals surface area contributed by atoms with Gasteiger partial charge in [0.25, 0.3) is 11.8 Å². The lowest BCUT2D eigenvalue weighted by Crippen LogP contribution is -2.58. The molecule has 3 aliphatic heterocycles. The molecule has 3 aliphatic carbocycles. The lowest BCUT2D eigenvalue weighted by Gasteiger charge is -2.40. The summed E-state index contributed by atoms with van der Waals surface area (Å²) in [6, 6.07) is 2.16. The van der Waals surface area contributed by atoms with Crippen molar-refractivity contribution in [2.24, 2.45) is 5.92 Å². The average molecular weight is 842 g/mol. The van der Waals surface area contributed by atoms with Gasteiger partial charge in [0.05, 0.1) is 41.6 Å². The number of carbonyl (C=O) groups is 4. The Kier molecular flexibility index (Phi) is 9.98. The van der Waals surface area contributed by atoms with Gasteiger partial charge >= 0.3 is 6.09 Å². The first-order chi connectivity index (χ1) is 27.7. The van der Waals surface area contributed by atoms with Crippen LogP contribution in [0.1, 0.15) is 122 Å². The zero-order chi connectivity index (χ0) is 42.3. The number of fused-ring (bicyclic) bond motifs is 5. The Hall–Kier alpha value is -4.54. The van der Waals surface area contributed by atoms with Gasteiger partial charge in [0.15, 0.2) is 5.75 Å². The summed E-state index contributed by atoms with van der Waals surface area (Å²) in [7, 11) is -2.65. The molecule has 4 fully saturated rings. The largest absolute Gasteiger partial charge is 0.497 e. The number of ether oxygens (including phenoxy) is 3. The van der Waals surface area contributed by atoms with Crippen molar-refractivity contribution < 1.29 is 50.6 Å². The third-order valence-electron chi connectivity index (χ3n) is 12.7. The van der Waals surface area contributed by atoms with Crippen LogP contribution in [0.4, 0.5) is 13.6 Å². The van der Waals surface area contributed by atoms with Gasteiger partial charge in [-0.3, -0.25) is 19.1 Å². The molecule has 3 N–H and O–H groups in total. The summed E-state index contributed by atoms with van der Waals surface area (Å²) in [6.07, 6.45) is 6.57. The normalized spacial score (nSPS) is 30.6. The van der Waals surface area contributed by atoms with E-state index >= 15 is 8.78 Å². The predicted molar refractivity (Wildman–Crippen MR) is 211 cm³/mol. The molecule has 59 heavy (non-hydrogen) atoms. The lowest BCUT2D eigenvalue weighted by atomic mass is 9.84. The van der Waals surface area contributed by atoms with E-state index in [4.69, 9.17) is 19.2 Å². The smallest absolute Gasteiger partial charge is 0.408 e. The van der Waals surface area contributed by atoms with Gasteiger partial charge in [-0.2, -0.15) is 0 Å². The van der Waals surface area contributed by atoms with Gasteiger partial charge in [0, 0.05) is 23.6 Å². The second-order valence-corrected chi connectivity index (χ2v) is 20.8. The molecule has 3 saturated carbocycles. The van der Waals surface area contributed by atoms with Crippen LogP contribution in [-0.4, -0.2) is 89.3 Å². The molecule has 0 bridgehead atoms. The molecule has 0 radical (unpaired) electrons. The second kappa shape index (κ2) is 14.3. The van der Waals surface area contributed by atoms with Crippen molar-refractivity contribution in [3.63, 3.8) is 0 Å². The standard InChI is InChI=1S/C42H53F2N5O9S/c1-38(2,3)58-37(53)46-29-12-10-8-6-7-9-11-25-20-41(25,36(52)48-59(54,55)39(4)17-18-39)47-34(50)30-21-40(23-49(30)35(29)51)22-42(43,44)31-27-19-26(56-5)15-16-28(27)45-32(24-13-14-24)33(31)57-40/h9,11,15-16,19,24-25,29-30H,6-8,10,12-14,17-18,20-23H2,1-5H3,(H,46,53)(H,47,50)(H,48,52)/b11-9-/t25?,29-,30?,40-,41?/m0/s1. The van der Waals surface area contributed by atoms with E-state index < -0.39 is 92.2 Å². The molecule has 8 rings (SSSR count). The summed E-state index contributed by atoms with van der Waals surface area (Å²) in [6.45, 7) is 6.14. The molecule has 14 nitrogen and oxygen atoms in total. The molecule has 5 atom stereocenters. The molecule has 4 heterocycles. The number of alkyl halides is 2. The third-order valence-corrected chi connectivity index (χ3v) is 14.8. The van der Waals surface area contributed by atoms with Crippen LogP contribution in [0.25, 0.3) is 10.9 Å². The average Bonchev–Trinajstić information content (AvgIpc) is 4.08. The number of nitrogens with one attached hydrogen (secondary N) is 3. The monoisotopic (exact) mass is 841 g/mol. The first-order valence-electron chi connectivity index (χ1n) is 20.6. The molecule has 1 aromatic carbocycles. The summed E-state index contributed by atoms with van der Waals surface area (Å²) in [5.74, 6) is -6.33.